The summed E-state index contributed by atoms with van der Waals surface area (Å²) in [6.07, 6.45) is 1.60. The van der Waals surface area contributed by atoms with Gasteiger partial charge in [0.1, 0.15) is 5.69 Å². The van der Waals surface area contributed by atoms with E-state index in [2.05, 4.69) is 15.6 Å². The molecule has 0 atom stereocenters. The quantitative estimate of drug-likeness (QED) is 0.682. The molecule has 2 aromatic carbocycles. The van der Waals surface area contributed by atoms with Crippen LogP contribution in [0.2, 0.25) is 0 Å². The van der Waals surface area contributed by atoms with Gasteiger partial charge in [-0.1, -0.05) is 36.4 Å². The van der Waals surface area contributed by atoms with Crippen molar-refractivity contribution in [2.75, 3.05) is 17.7 Å². The van der Waals surface area contributed by atoms with Crippen LogP contribution in [0.4, 0.5) is 17.1 Å². The summed E-state index contributed by atoms with van der Waals surface area (Å²) in [5, 5.41) is 5.99. The fourth-order valence-electron chi connectivity index (χ4n) is 2.79. The smallest absolute Gasteiger partial charge is 0.272 e. The van der Waals surface area contributed by atoms with Gasteiger partial charge in [0, 0.05) is 43.8 Å². The van der Waals surface area contributed by atoms with Crippen molar-refractivity contribution in [2.24, 2.45) is 0 Å². The fourth-order valence-corrected chi connectivity index (χ4v) is 2.79. The van der Waals surface area contributed by atoms with Crippen LogP contribution < -0.4 is 10.6 Å². The van der Waals surface area contributed by atoms with Gasteiger partial charge < -0.3 is 15.5 Å². The summed E-state index contributed by atoms with van der Waals surface area (Å²) in [6.45, 7) is 1.98. The Morgan fingerprint density at radius 3 is 2.39 bits per heavy atom. The van der Waals surface area contributed by atoms with Crippen LogP contribution in [0.25, 0.3) is 0 Å². The first kappa shape index (κ1) is 19.1. The first-order chi connectivity index (χ1) is 13.5. The molecule has 1 aromatic heterocycles. The lowest BCUT2D eigenvalue weighted by Gasteiger charge is -2.17. The lowest BCUT2D eigenvalue weighted by atomic mass is 10.2. The molecule has 28 heavy (non-hydrogen) atoms. The number of hydrogen-bond donors (Lipinski definition) is 2. The molecule has 1 heterocycles. The highest BCUT2D eigenvalue weighted by molar-refractivity contribution is 5.93. The molecule has 2 amide bonds. The number of anilines is 3. The zero-order valence-corrected chi connectivity index (χ0v) is 15.8. The topological polar surface area (TPSA) is 74.3 Å². The van der Waals surface area contributed by atoms with Crippen LogP contribution in [-0.4, -0.2) is 28.7 Å². The molecule has 3 rings (SSSR count). The van der Waals surface area contributed by atoms with E-state index >= 15 is 0 Å². The number of carbonyl (C=O) groups is 2. The predicted molar refractivity (Wildman–Crippen MR) is 111 cm³/mol. The third-order valence-electron chi connectivity index (χ3n) is 4.06. The molecule has 0 fully saturated rings. The molecule has 2 N–H and O–H groups in total. The van der Waals surface area contributed by atoms with Crippen LogP contribution in [0.1, 0.15) is 23.0 Å². The molecular formula is C22H22N4O2. The minimum Gasteiger partial charge on any atom is -0.355 e. The van der Waals surface area contributed by atoms with E-state index in [0.29, 0.717) is 17.9 Å². The number of aromatic nitrogens is 1. The number of benzene rings is 2. The second-order valence-corrected chi connectivity index (χ2v) is 6.46. The number of pyridine rings is 1. The molecule has 0 bridgehead atoms. The van der Waals surface area contributed by atoms with Crippen molar-refractivity contribution in [3.63, 3.8) is 0 Å². The Kier molecular flexibility index (Phi) is 6.01. The molecule has 0 unspecified atom stereocenters. The van der Waals surface area contributed by atoms with Crippen LogP contribution in [0.15, 0.2) is 72.9 Å². The monoisotopic (exact) mass is 374 g/mol. The summed E-state index contributed by atoms with van der Waals surface area (Å²) in [7, 11) is 1.76. The summed E-state index contributed by atoms with van der Waals surface area (Å²) < 4.78 is 0. The molecule has 0 aliphatic rings. The number of rotatable bonds is 6. The van der Waals surface area contributed by atoms with E-state index in [4.69, 9.17) is 0 Å². The van der Waals surface area contributed by atoms with Gasteiger partial charge in [0.05, 0.1) is 0 Å². The van der Waals surface area contributed by atoms with E-state index in [1.165, 1.54) is 6.92 Å². The van der Waals surface area contributed by atoms with Crippen LogP contribution in [0.3, 0.4) is 0 Å². The van der Waals surface area contributed by atoms with E-state index in [1.54, 1.807) is 30.3 Å². The Hall–Kier alpha value is -3.67. The van der Waals surface area contributed by atoms with Crippen molar-refractivity contribution >= 4 is 28.9 Å². The largest absolute Gasteiger partial charge is 0.355 e. The zero-order valence-electron chi connectivity index (χ0n) is 15.8. The van der Waals surface area contributed by atoms with E-state index in [-0.39, 0.29) is 11.8 Å². The summed E-state index contributed by atoms with van der Waals surface area (Å²) in [4.78, 5) is 29.8. The SMILES string of the molecule is CC(=O)Nc1cccc(Nc2ccnc(C(=O)N(C)Cc3ccccc3)c2)c1. The van der Waals surface area contributed by atoms with E-state index in [1.807, 2.05) is 54.6 Å². The number of hydrogen-bond acceptors (Lipinski definition) is 4. The molecular weight excluding hydrogens is 352 g/mol. The second-order valence-electron chi connectivity index (χ2n) is 6.46. The second kappa shape index (κ2) is 8.81. The molecule has 0 aliphatic carbocycles. The maximum Gasteiger partial charge on any atom is 0.272 e. The molecule has 0 spiro atoms. The molecule has 0 saturated heterocycles. The summed E-state index contributed by atoms with van der Waals surface area (Å²) >= 11 is 0. The van der Waals surface area contributed by atoms with Crippen LogP contribution in [0, 0.1) is 0 Å². The first-order valence-electron chi connectivity index (χ1n) is 8.91. The molecule has 0 saturated carbocycles. The zero-order chi connectivity index (χ0) is 19.9. The van der Waals surface area contributed by atoms with Crippen LogP contribution in [0.5, 0.6) is 0 Å². The Balaban J connectivity index is 1.71. The number of carbonyl (C=O) groups excluding carboxylic acids is 2. The Labute approximate surface area is 164 Å². The minimum atomic E-state index is -0.153. The highest BCUT2D eigenvalue weighted by Crippen LogP contribution is 2.21. The van der Waals surface area contributed by atoms with Crippen molar-refractivity contribution in [3.8, 4) is 0 Å². The molecule has 6 nitrogen and oxygen atoms in total. The van der Waals surface area contributed by atoms with Gasteiger partial charge >= 0.3 is 0 Å². The minimum absolute atomic E-state index is 0.129. The van der Waals surface area contributed by atoms with E-state index in [9.17, 15) is 9.59 Å². The average molecular weight is 374 g/mol. The third kappa shape index (κ3) is 5.17. The summed E-state index contributed by atoms with van der Waals surface area (Å²) in [6, 6.07) is 20.7. The maximum atomic E-state index is 12.7. The van der Waals surface area contributed by atoms with E-state index < -0.39 is 0 Å². The Morgan fingerprint density at radius 2 is 1.64 bits per heavy atom. The molecule has 142 valence electrons. The summed E-state index contributed by atoms with van der Waals surface area (Å²) in [5.41, 5.74) is 3.66. The molecule has 0 aliphatic heterocycles. The van der Waals surface area contributed by atoms with Gasteiger partial charge in [-0.15, -0.1) is 0 Å². The highest BCUT2D eigenvalue weighted by atomic mass is 16.2. The lowest BCUT2D eigenvalue weighted by molar-refractivity contribution is -0.114. The van der Waals surface area contributed by atoms with Crippen molar-refractivity contribution in [3.05, 3.63) is 84.2 Å². The molecule has 0 radical (unpaired) electrons. The highest BCUT2D eigenvalue weighted by Gasteiger charge is 2.14. The van der Waals surface area contributed by atoms with Gasteiger partial charge in [0.15, 0.2) is 0 Å². The molecule has 3 aromatic rings. The van der Waals surface area contributed by atoms with Crippen molar-refractivity contribution in [1.29, 1.82) is 0 Å². The van der Waals surface area contributed by atoms with Gasteiger partial charge in [-0.2, -0.15) is 0 Å². The Morgan fingerprint density at radius 1 is 0.929 bits per heavy atom. The fraction of sp³-hybridized carbons (Fsp3) is 0.136. The van der Waals surface area contributed by atoms with Gasteiger partial charge in [-0.25, -0.2) is 0 Å². The summed E-state index contributed by atoms with van der Waals surface area (Å²) in [5.74, 6) is -0.283. The van der Waals surface area contributed by atoms with Gasteiger partial charge in [0.25, 0.3) is 5.91 Å². The first-order valence-corrected chi connectivity index (χ1v) is 8.91. The van der Waals surface area contributed by atoms with Gasteiger partial charge in [-0.3, -0.25) is 14.6 Å². The number of amides is 2. The average Bonchev–Trinajstić information content (AvgIpc) is 2.68. The number of nitrogens with one attached hydrogen (secondary N) is 2. The normalized spacial score (nSPS) is 10.2. The standard InChI is InChI=1S/C22H22N4O2/c1-16(27)24-18-9-6-10-19(13-18)25-20-11-12-23-21(14-20)22(28)26(2)15-17-7-4-3-5-8-17/h3-14H,15H2,1-2H3,(H,23,25)(H,24,27). The molecule has 6 heteroatoms. The van der Waals surface area contributed by atoms with Crippen molar-refractivity contribution in [1.82, 2.24) is 9.88 Å². The Bertz CT molecular complexity index is 973. The lowest BCUT2D eigenvalue weighted by Crippen LogP contribution is -2.27. The predicted octanol–water partition coefficient (Wildman–Crippen LogP) is 4.06. The van der Waals surface area contributed by atoms with Crippen LogP contribution in [-0.2, 0) is 11.3 Å². The maximum absolute atomic E-state index is 12.7. The number of nitrogens with zero attached hydrogens (tertiary/aromatic N) is 2. The van der Waals surface area contributed by atoms with Crippen LogP contribution >= 0.6 is 0 Å². The van der Waals surface area contributed by atoms with Crippen molar-refractivity contribution < 1.29 is 9.59 Å². The van der Waals surface area contributed by atoms with Gasteiger partial charge in [-0.05, 0) is 35.9 Å². The van der Waals surface area contributed by atoms with E-state index in [0.717, 1.165) is 16.9 Å². The third-order valence-corrected chi connectivity index (χ3v) is 4.06. The van der Waals surface area contributed by atoms with Crippen molar-refractivity contribution in [2.45, 2.75) is 13.5 Å². The van der Waals surface area contributed by atoms with Gasteiger partial charge in [0.2, 0.25) is 5.91 Å².